The summed E-state index contributed by atoms with van der Waals surface area (Å²) in [7, 11) is 0. The number of nitrogen functional groups attached to an aromatic ring is 1. The second kappa shape index (κ2) is 4.46. The van der Waals surface area contributed by atoms with Crippen molar-refractivity contribution >= 4 is 16.6 Å². The Labute approximate surface area is 106 Å². The van der Waals surface area contributed by atoms with Crippen LogP contribution in [0.4, 0.5) is 5.69 Å². The molecule has 94 valence electrons. The lowest BCUT2D eigenvalue weighted by molar-refractivity contribution is 0.340. The zero-order valence-corrected chi connectivity index (χ0v) is 10.4. The molecule has 1 saturated carbocycles. The van der Waals surface area contributed by atoms with Crippen LogP contribution in [-0.2, 0) is 0 Å². The molecule has 1 fully saturated rings. The highest BCUT2D eigenvalue weighted by atomic mass is 16.5. The molecule has 1 aliphatic carbocycles. The maximum absolute atomic E-state index is 5.61. The van der Waals surface area contributed by atoms with Crippen LogP contribution < -0.4 is 16.0 Å². The molecule has 0 unspecified atom stereocenters. The summed E-state index contributed by atoms with van der Waals surface area (Å²) in [5, 5.41) is 1.01. The first-order valence-corrected chi connectivity index (χ1v) is 6.36. The number of rotatable bonds is 4. The lowest BCUT2D eigenvalue weighted by Crippen LogP contribution is -2.08. The number of pyridine rings is 1. The van der Waals surface area contributed by atoms with Gasteiger partial charge in [-0.2, -0.15) is 0 Å². The van der Waals surface area contributed by atoms with Crippen molar-refractivity contribution in [1.29, 1.82) is 0 Å². The van der Waals surface area contributed by atoms with Crippen molar-refractivity contribution in [2.45, 2.75) is 25.7 Å². The van der Waals surface area contributed by atoms with Crippen LogP contribution in [0.15, 0.2) is 24.3 Å². The molecule has 0 bridgehead atoms. The summed E-state index contributed by atoms with van der Waals surface area (Å²) >= 11 is 0. The Hall–Kier alpha value is -1.81. The van der Waals surface area contributed by atoms with Crippen molar-refractivity contribution in [1.82, 2.24) is 4.98 Å². The van der Waals surface area contributed by atoms with Crippen molar-refractivity contribution in [2.75, 3.05) is 12.0 Å². The highest BCUT2D eigenvalue weighted by molar-refractivity contribution is 5.92. The maximum Gasteiger partial charge on any atom is 0.120 e. The minimum absolute atomic E-state index is 0.619. The molecule has 1 aromatic heterocycles. The number of ether oxygens (including phenoxy) is 1. The van der Waals surface area contributed by atoms with Crippen LogP contribution in [0.2, 0.25) is 0 Å². The Morgan fingerprint density at radius 2 is 2.22 bits per heavy atom. The van der Waals surface area contributed by atoms with Crippen molar-refractivity contribution < 1.29 is 4.74 Å². The summed E-state index contributed by atoms with van der Waals surface area (Å²) in [5.41, 5.74) is 5.79. The highest BCUT2D eigenvalue weighted by Crippen LogP contribution is 2.41. The molecule has 3 rings (SSSR count). The Balaban J connectivity index is 2.12. The molecule has 2 aromatic rings. The van der Waals surface area contributed by atoms with E-state index in [1.807, 2.05) is 25.1 Å². The zero-order valence-electron chi connectivity index (χ0n) is 10.4. The topological polar surface area (TPSA) is 60.2 Å². The van der Waals surface area contributed by atoms with Crippen molar-refractivity contribution in [3.8, 4) is 5.75 Å². The Morgan fingerprint density at radius 1 is 1.39 bits per heavy atom. The molecule has 0 spiro atoms. The molecule has 0 radical (unpaired) electrons. The van der Waals surface area contributed by atoms with Gasteiger partial charge in [-0.3, -0.25) is 10.8 Å². The van der Waals surface area contributed by atoms with Gasteiger partial charge in [0.05, 0.1) is 17.8 Å². The molecule has 4 nitrogen and oxygen atoms in total. The molecule has 0 saturated heterocycles. The minimum atomic E-state index is 0.619. The third-order valence-electron chi connectivity index (χ3n) is 3.26. The van der Waals surface area contributed by atoms with Crippen LogP contribution in [0, 0.1) is 0 Å². The number of nitrogens with two attached hydrogens (primary N) is 1. The second-order valence-electron chi connectivity index (χ2n) is 4.63. The Bertz CT molecular complexity index is 579. The highest BCUT2D eigenvalue weighted by Gasteiger charge is 2.25. The number of hydrazine groups is 1. The van der Waals surface area contributed by atoms with E-state index in [-0.39, 0.29) is 0 Å². The van der Waals surface area contributed by atoms with Crippen molar-refractivity contribution in [3.63, 3.8) is 0 Å². The number of hydrogen-bond acceptors (Lipinski definition) is 4. The molecule has 3 N–H and O–H groups in total. The monoisotopic (exact) mass is 243 g/mol. The van der Waals surface area contributed by atoms with Gasteiger partial charge in [0, 0.05) is 17.0 Å². The first-order chi connectivity index (χ1) is 8.81. The van der Waals surface area contributed by atoms with Crippen LogP contribution in [-0.4, -0.2) is 11.6 Å². The predicted octanol–water partition coefficient (Wildman–Crippen LogP) is 2.80. The predicted molar refractivity (Wildman–Crippen MR) is 72.7 cm³/mol. The summed E-state index contributed by atoms with van der Waals surface area (Å²) in [5.74, 6) is 7.08. The number of nitrogens with zero attached hydrogens (tertiary/aromatic N) is 1. The van der Waals surface area contributed by atoms with Gasteiger partial charge in [0.2, 0.25) is 0 Å². The SMILES string of the molecule is CCOc1ccc2nc(C3CC3)cc(NN)c2c1. The fraction of sp³-hybridized carbons (Fsp3) is 0.357. The van der Waals surface area contributed by atoms with Gasteiger partial charge in [-0.05, 0) is 44.0 Å². The number of anilines is 1. The van der Waals surface area contributed by atoms with Crippen LogP contribution in [0.3, 0.4) is 0 Å². The van der Waals surface area contributed by atoms with E-state index in [1.54, 1.807) is 0 Å². The lowest BCUT2D eigenvalue weighted by atomic mass is 10.1. The van der Waals surface area contributed by atoms with Gasteiger partial charge in [-0.25, -0.2) is 0 Å². The van der Waals surface area contributed by atoms with E-state index in [0.29, 0.717) is 12.5 Å². The molecular weight excluding hydrogens is 226 g/mol. The average Bonchev–Trinajstić information content (AvgIpc) is 3.22. The number of aromatic nitrogens is 1. The van der Waals surface area contributed by atoms with Crippen molar-refractivity contribution in [2.24, 2.45) is 5.84 Å². The first kappa shape index (κ1) is 11.3. The third kappa shape index (κ3) is 1.99. The van der Waals surface area contributed by atoms with Gasteiger partial charge in [0.1, 0.15) is 5.75 Å². The molecule has 0 amide bonds. The zero-order chi connectivity index (χ0) is 12.5. The Morgan fingerprint density at radius 3 is 2.89 bits per heavy atom. The smallest absolute Gasteiger partial charge is 0.120 e. The third-order valence-corrected chi connectivity index (χ3v) is 3.26. The quantitative estimate of drug-likeness (QED) is 0.640. The molecule has 0 aliphatic heterocycles. The van der Waals surface area contributed by atoms with E-state index in [9.17, 15) is 0 Å². The average molecular weight is 243 g/mol. The molecular formula is C14H17N3O. The second-order valence-corrected chi connectivity index (χ2v) is 4.63. The van der Waals surface area contributed by atoms with Gasteiger partial charge >= 0.3 is 0 Å². The fourth-order valence-electron chi connectivity index (χ4n) is 2.19. The van der Waals surface area contributed by atoms with E-state index < -0.39 is 0 Å². The van der Waals surface area contributed by atoms with E-state index in [1.165, 1.54) is 12.8 Å². The van der Waals surface area contributed by atoms with Gasteiger partial charge in [-0.1, -0.05) is 0 Å². The van der Waals surface area contributed by atoms with Crippen LogP contribution in [0.1, 0.15) is 31.4 Å². The summed E-state index contributed by atoms with van der Waals surface area (Å²) in [4.78, 5) is 4.70. The first-order valence-electron chi connectivity index (χ1n) is 6.36. The van der Waals surface area contributed by atoms with Gasteiger partial charge in [0.25, 0.3) is 0 Å². The van der Waals surface area contributed by atoms with E-state index in [0.717, 1.165) is 28.0 Å². The fourth-order valence-corrected chi connectivity index (χ4v) is 2.19. The number of fused-ring (bicyclic) bond motifs is 1. The molecule has 18 heavy (non-hydrogen) atoms. The molecule has 1 heterocycles. The maximum atomic E-state index is 5.61. The van der Waals surface area contributed by atoms with Crippen LogP contribution >= 0.6 is 0 Å². The molecule has 0 atom stereocenters. The Kier molecular flexibility index (Phi) is 2.80. The number of hydrogen-bond donors (Lipinski definition) is 2. The van der Waals surface area contributed by atoms with Gasteiger partial charge < -0.3 is 10.2 Å². The van der Waals surface area contributed by atoms with E-state index >= 15 is 0 Å². The molecule has 1 aromatic carbocycles. The summed E-state index contributed by atoms with van der Waals surface area (Å²) in [6.07, 6.45) is 2.47. The van der Waals surface area contributed by atoms with Gasteiger partial charge in [0.15, 0.2) is 0 Å². The largest absolute Gasteiger partial charge is 0.494 e. The molecule has 1 aliphatic rings. The van der Waals surface area contributed by atoms with E-state index in [4.69, 9.17) is 15.6 Å². The normalized spacial score (nSPS) is 14.8. The van der Waals surface area contributed by atoms with Crippen LogP contribution in [0.25, 0.3) is 10.9 Å². The number of benzene rings is 1. The van der Waals surface area contributed by atoms with Gasteiger partial charge in [-0.15, -0.1) is 0 Å². The standard InChI is InChI=1S/C14H17N3O/c1-2-18-10-5-6-12-11(7-10)14(17-15)8-13(16-12)9-3-4-9/h5-9H,2-4,15H2,1H3,(H,16,17). The number of nitrogens with one attached hydrogen (secondary N) is 1. The molecule has 4 heteroatoms. The summed E-state index contributed by atoms with van der Waals surface area (Å²) in [6.45, 7) is 2.63. The minimum Gasteiger partial charge on any atom is -0.494 e. The van der Waals surface area contributed by atoms with Crippen molar-refractivity contribution in [3.05, 3.63) is 30.0 Å². The van der Waals surface area contributed by atoms with Crippen LogP contribution in [0.5, 0.6) is 5.75 Å². The van der Waals surface area contributed by atoms with E-state index in [2.05, 4.69) is 11.5 Å². The lowest BCUT2D eigenvalue weighted by Gasteiger charge is -2.10. The summed E-state index contributed by atoms with van der Waals surface area (Å²) < 4.78 is 5.51. The summed E-state index contributed by atoms with van der Waals surface area (Å²) in [6, 6.07) is 7.98.